The highest BCUT2D eigenvalue weighted by Gasteiger charge is 2.19. The van der Waals surface area contributed by atoms with E-state index in [2.05, 4.69) is 36.4 Å². The van der Waals surface area contributed by atoms with Gasteiger partial charge >= 0.3 is 0 Å². The molecule has 3 aromatic rings. The number of aromatic nitrogens is 6. The molecule has 3 heterocycles. The Morgan fingerprint density at radius 2 is 2.30 bits per heavy atom. The first-order valence-corrected chi connectivity index (χ1v) is 9.11. The lowest BCUT2D eigenvalue weighted by Crippen LogP contribution is -2.32. The highest BCUT2D eigenvalue weighted by atomic mass is 16.2. The lowest BCUT2D eigenvalue weighted by Gasteiger charge is -2.23. The number of hydrogen-bond donors (Lipinski definition) is 3. The summed E-state index contributed by atoms with van der Waals surface area (Å²) in [7, 11) is 0. The number of benzene rings is 1. The molecule has 1 aliphatic rings. The number of tetrazole rings is 1. The summed E-state index contributed by atoms with van der Waals surface area (Å²) in [5.74, 6) is 0.889. The Balaban J connectivity index is 1.35. The monoisotopic (exact) mass is 366 g/mol. The third-order valence-corrected chi connectivity index (χ3v) is 4.78. The van der Waals surface area contributed by atoms with E-state index in [0.29, 0.717) is 18.3 Å². The minimum atomic E-state index is -0.0614. The number of carbonyl (C=O) groups excluding carboxylic acids is 1. The van der Waals surface area contributed by atoms with Gasteiger partial charge in [0.15, 0.2) is 0 Å². The van der Waals surface area contributed by atoms with Crippen LogP contribution in [-0.2, 0) is 17.9 Å². The molecule has 9 heteroatoms. The van der Waals surface area contributed by atoms with Crippen molar-refractivity contribution in [1.82, 2.24) is 41.0 Å². The van der Waals surface area contributed by atoms with E-state index in [1.54, 1.807) is 6.20 Å². The molecule has 1 fully saturated rings. The van der Waals surface area contributed by atoms with E-state index < -0.39 is 0 Å². The van der Waals surface area contributed by atoms with Crippen LogP contribution in [0.1, 0.15) is 30.0 Å². The number of H-pyrrole nitrogens is 1. The Bertz CT molecular complexity index is 882. The van der Waals surface area contributed by atoms with Gasteiger partial charge in [0.25, 0.3) is 0 Å². The fourth-order valence-electron chi connectivity index (χ4n) is 3.42. The van der Waals surface area contributed by atoms with E-state index in [1.165, 1.54) is 0 Å². The first kappa shape index (κ1) is 17.3. The summed E-state index contributed by atoms with van der Waals surface area (Å²) in [5.41, 5.74) is 2.95. The van der Waals surface area contributed by atoms with Gasteiger partial charge in [-0.25, -0.2) is 0 Å². The smallest absolute Gasteiger partial charge is 0.242 e. The van der Waals surface area contributed by atoms with Crippen molar-refractivity contribution in [1.29, 1.82) is 0 Å². The Hall–Kier alpha value is -3.07. The van der Waals surface area contributed by atoms with Gasteiger partial charge in [-0.3, -0.25) is 9.48 Å². The van der Waals surface area contributed by atoms with Crippen LogP contribution < -0.4 is 10.6 Å². The molecule has 0 radical (unpaired) electrons. The fourth-order valence-corrected chi connectivity index (χ4v) is 3.42. The molecule has 1 atom stereocenters. The largest absolute Gasteiger partial charge is 0.350 e. The zero-order valence-corrected chi connectivity index (χ0v) is 14.9. The summed E-state index contributed by atoms with van der Waals surface area (Å²) < 4.78 is 1.81. The predicted molar refractivity (Wildman–Crippen MR) is 98.5 cm³/mol. The van der Waals surface area contributed by atoms with E-state index in [4.69, 9.17) is 0 Å². The number of nitrogens with one attached hydrogen (secondary N) is 3. The zero-order chi connectivity index (χ0) is 18.5. The second-order valence-corrected chi connectivity index (χ2v) is 6.67. The predicted octanol–water partition coefficient (Wildman–Crippen LogP) is 0.847. The molecule has 1 aliphatic heterocycles. The van der Waals surface area contributed by atoms with Gasteiger partial charge in [-0.2, -0.15) is 10.3 Å². The van der Waals surface area contributed by atoms with Crippen molar-refractivity contribution < 1.29 is 4.79 Å². The van der Waals surface area contributed by atoms with Gasteiger partial charge in [0.05, 0.1) is 0 Å². The van der Waals surface area contributed by atoms with Crippen molar-refractivity contribution >= 4 is 5.91 Å². The van der Waals surface area contributed by atoms with Gasteiger partial charge in [0, 0.05) is 36.5 Å². The van der Waals surface area contributed by atoms with Crippen molar-refractivity contribution in [2.45, 2.75) is 31.8 Å². The average Bonchev–Trinajstić information content (AvgIpc) is 3.39. The summed E-state index contributed by atoms with van der Waals surface area (Å²) in [6, 6.07) is 9.73. The van der Waals surface area contributed by atoms with Crippen LogP contribution in [-0.4, -0.2) is 49.4 Å². The van der Waals surface area contributed by atoms with Crippen LogP contribution in [0.4, 0.5) is 0 Å². The molecular formula is C18H22N8O. The molecule has 4 rings (SSSR count). The van der Waals surface area contributed by atoms with Gasteiger partial charge in [-0.15, -0.1) is 10.2 Å². The Morgan fingerprint density at radius 3 is 3.11 bits per heavy atom. The van der Waals surface area contributed by atoms with E-state index >= 15 is 0 Å². The summed E-state index contributed by atoms with van der Waals surface area (Å²) in [5, 5.41) is 24.7. The van der Waals surface area contributed by atoms with Crippen LogP contribution in [0.25, 0.3) is 11.4 Å². The van der Waals surface area contributed by atoms with Gasteiger partial charge in [-0.1, -0.05) is 18.2 Å². The van der Waals surface area contributed by atoms with Gasteiger partial charge < -0.3 is 10.6 Å². The van der Waals surface area contributed by atoms with Crippen LogP contribution in [0.15, 0.2) is 36.5 Å². The number of piperidine rings is 1. The molecule has 0 aliphatic carbocycles. The molecule has 0 spiro atoms. The Kier molecular flexibility index (Phi) is 5.20. The summed E-state index contributed by atoms with van der Waals surface area (Å²) in [4.78, 5) is 12.4. The molecule has 0 bridgehead atoms. The molecule has 9 nitrogen and oxygen atoms in total. The zero-order valence-electron chi connectivity index (χ0n) is 14.9. The third kappa shape index (κ3) is 4.20. The van der Waals surface area contributed by atoms with Gasteiger partial charge in [-0.05, 0) is 42.3 Å². The van der Waals surface area contributed by atoms with Crippen LogP contribution >= 0.6 is 0 Å². The number of aromatic amines is 1. The summed E-state index contributed by atoms with van der Waals surface area (Å²) >= 11 is 0. The van der Waals surface area contributed by atoms with E-state index in [-0.39, 0.29) is 12.5 Å². The molecule has 27 heavy (non-hydrogen) atoms. The highest BCUT2D eigenvalue weighted by molar-refractivity contribution is 5.75. The van der Waals surface area contributed by atoms with Crippen molar-refractivity contribution in [2.24, 2.45) is 0 Å². The molecule has 1 saturated heterocycles. The van der Waals surface area contributed by atoms with E-state index in [0.717, 1.165) is 42.8 Å². The number of amides is 1. The molecule has 1 amide bonds. The lowest BCUT2D eigenvalue weighted by atomic mass is 9.96. The molecule has 3 N–H and O–H groups in total. The second kappa shape index (κ2) is 8.09. The first-order chi connectivity index (χ1) is 13.3. The van der Waals surface area contributed by atoms with Gasteiger partial charge in [0.1, 0.15) is 6.54 Å². The summed E-state index contributed by atoms with van der Waals surface area (Å²) in [6.45, 7) is 2.67. The first-order valence-electron chi connectivity index (χ1n) is 9.11. The standard InChI is InChI=1S/C18H22N8O/c27-17(12-26-16(6-8-21-26)15-5-2-7-19-11-15)20-10-13-3-1-4-14(9-13)18-22-24-25-23-18/h1,3-4,6,8-9,15,19H,2,5,7,10-12H2,(H,20,27)(H,22,23,24,25)/t15-/m0/s1. The molecule has 2 aromatic heterocycles. The number of nitrogens with zero attached hydrogens (tertiary/aromatic N) is 5. The van der Waals surface area contributed by atoms with Crippen LogP contribution in [0.2, 0.25) is 0 Å². The topological polar surface area (TPSA) is 113 Å². The maximum Gasteiger partial charge on any atom is 0.242 e. The Labute approximate surface area is 156 Å². The quantitative estimate of drug-likeness (QED) is 0.596. The third-order valence-electron chi connectivity index (χ3n) is 4.78. The van der Waals surface area contributed by atoms with Crippen molar-refractivity contribution in [2.75, 3.05) is 13.1 Å². The second-order valence-electron chi connectivity index (χ2n) is 6.67. The normalized spacial score (nSPS) is 17.0. The molecular weight excluding hydrogens is 344 g/mol. The summed E-state index contributed by atoms with van der Waals surface area (Å²) in [6.07, 6.45) is 4.05. The molecule has 0 saturated carbocycles. The number of hydrogen-bond acceptors (Lipinski definition) is 6. The number of rotatable bonds is 6. The number of carbonyl (C=O) groups is 1. The van der Waals surface area contributed by atoms with Crippen LogP contribution in [0, 0.1) is 0 Å². The minimum Gasteiger partial charge on any atom is -0.350 e. The molecule has 0 unspecified atom stereocenters. The van der Waals surface area contributed by atoms with Crippen molar-refractivity contribution in [3.8, 4) is 11.4 Å². The van der Waals surface area contributed by atoms with E-state index in [1.807, 2.05) is 35.0 Å². The maximum atomic E-state index is 12.4. The molecule has 1 aromatic carbocycles. The van der Waals surface area contributed by atoms with Crippen molar-refractivity contribution in [3.05, 3.63) is 47.8 Å². The maximum absolute atomic E-state index is 12.4. The molecule has 140 valence electrons. The van der Waals surface area contributed by atoms with E-state index in [9.17, 15) is 4.79 Å². The average molecular weight is 366 g/mol. The van der Waals surface area contributed by atoms with Crippen molar-refractivity contribution in [3.63, 3.8) is 0 Å². The van der Waals surface area contributed by atoms with Crippen LogP contribution in [0.5, 0.6) is 0 Å². The SMILES string of the molecule is O=C(Cn1nccc1[C@H]1CCCNC1)NCc1cccc(-c2nn[nH]n2)c1. The fraction of sp³-hybridized carbons (Fsp3) is 0.389. The highest BCUT2D eigenvalue weighted by Crippen LogP contribution is 2.22. The van der Waals surface area contributed by atoms with Gasteiger partial charge in [0.2, 0.25) is 11.7 Å². The Morgan fingerprint density at radius 1 is 1.33 bits per heavy atom. The lowest BCUT2D eigenvalue weighted by molar-refractivity contribution is -0.122. The van der Waals surface area contributed by atoms with Crippen LogP contribution in [0.3, 0.4) is 0 Å². The minimum absolute atomic E-state index is 0.0614.